The zero-order valence-corrected chi connectivity index (χ0v) is 12.4. The third kappa shape index (κ3) is 3.02. The lowest BCUT2D eigenvalue weighted by Crippen LogP contribution is -2.18. The third-order valence-corrected chi connectivity index (χ3v) is 6.27. The first-order valence-electron chi connectivity index (χ1n) is 5.41. The zero-order valence-electron chi connectivity index (χ0n) is 10.8. The number of hydrogen-bond acceptors (Lipinski definition) is 7. The molecule has 0 fully saturated rings. The van der Waals surface area contributed by atoms with Gasteiger partial charge in [-0.25, -0.2) is 16.8 Å². The molecule has 0 unspecified atom stereocenters. The first-order chi connectivity index (χ1) is 9.21. The first kappa shape index (κ1) is 14.6. The van der Waals surface area contributed by atoms with Crippen LogP contribution in [0.3, 0.4) is 0 Å². The lowest BCUT2D eigenvalue weighted by Gasteiger charge is -2.04. The average Bonchev–Trinajstić information content (AvgIpc) is 2.70. The smallest absolute Gasteiger partial charge is 0.250 e. The number of hydrogen-bond donors (Lipinski definition) is 0. The molecule has 0 atom stereocenters. The fraction of sp³-hybridized carbons (Fsp3) is 0.300. The zero-order chi connectivity index (χ0) is 15.0. The van der Waals surface area contributed by atoms with Gasteiger partial charge >= 0.3 is 0 Å². The minimum Gasteiger partial charge on any atom is -0.301 e. The van der Waals surface area contributed by atoms with Crippen LogP contribution < -0.4 is 0 Å². The van der Waals surface area contributed by atoms with Crippen LogP contribution in [0.15, 0.2) is 29.7 Å². The number of nitrogens with zero attached hydrogens (tertiary/aromatic N) is 4. The van der Waals surface area contributed by atoms with E-state index in [-0.39, 0.29) is 5.16 Å². The third-order valence-electron chi connectivity index (χ3n) is 2.40. The van der Waals surface area contributed by atoms with Crippen LogP contribution in [0, 0.1) is 0 Å². The molecule has 2 heterocycles. The molecular formula is C10H12N4O4S2. The Morgan fingerprint density at radius 3 is 2.45 bits per heavy atom. The van der Waals surface area contributed by atoms with Crippen molar-refractivity contribution in [1.29, 1.82) is 0 Å². The van der Waals surface area contributed by atoms with Gasteiger partial charge in [-0.3, -0.25) is 4.98 Å². The predicted molar refractivity (Wildman–Crippen MR) is 71.1 cm³/mol. The fourth-order valence-corrected chi connectivity index (χ4v) is 5.01. The van der Waals surface area contributed by atoms with Gasteiger partial charge in [-0.15, -0.1) is 10.2 Å². The van der Waals surface area contributed by atoms with E-state index in [1.165, 1.54) is 17.8 Å². The van der Waals surface area contributed by atoms with Crippen LogP contribution in [-0.2, 0) is 26.7 Å². The van der Waals surface area contributed by atoms with Gasteiger partial charge in [0.25, 0.3) is 5.16 Å². The molecule has 0 aliphatic rings. The second-order valence-electron chi connectivity index (χ2n) is 4.27. The van der Waals surface area contributed by atoms with E-state index in [4.69, 9.17) is 0 Å². The van der Waals surface area contributed by atoms with Crippen LogP contribution in [0.1, 0.15) is 0 Å². The Labute approximate surface area is 116 Å². The summed E-state index contributed by atoms with van der Waals surface area (Å²) in [6, 6.07) is 3.37. The van der Waals surface area contributed by atoms with E-state index in [1.807, 2.05) is 0 Å². The highest BCUT2D eigenvalue weighted by atomic mass is 32.3. The molecule has 0 N–H and O–H groups in total. The summed E-state index contributed by atoms with van der Waals surface area (Å²) in [5, 5.41) is 5.97. The van der Waals surface area contributed by atoms with E-state index in [0.717, 1.165) is 6.26 Å². The predicted octanol–water partition coefficient (Wildman–Crippen LogP) is -0.347. The van der Waals surface area contributed by atoms with Crippen LogP contribution >= 0.6 is 0 Å². The van der Waals surface area contributed by atoms with Crippen molar-refractivity contribution in [3.05, 3.63) is 24.5 Å². The normalized spacial score (nSPS) is 12.5. The lowest BCUT2D eigenvalue weighted by atomic mass is 10.3. The van der Waals surface area contributed by atoms with Crippen molar-refractivity contribution in [2.75, 3.05) is 11.3 Å². The van der Waals surface area contributed by atoms with E-state index in [2.05, 4.69) is 15.2 Å². The second kappa shape index (κ2) is 4.94. The molecule has 108 valence electrons. The van der Waals surface area contributed by atoms with Gasteiger partial charge in [0.1, 0.15) is 0 Å². The summed E-state index contributed by atoms with van der Waals surface area (Å²) in [7, 11) is -6.28. The van der Waals surface area contributed by atoms with E-state index in [0.29, 0.717) is 11.4 Å². The van der Waals surface area contributed by atoms with Crippen molar-refractivity contribution >= 4 is 19.7 Å². The standard InChI is InChI=1S/C10H12N4O4S2/c1-14-9(8-4-3-5-11-6-8)12-13-10(14)20(17,18)7-19(2,15)16/h3-6H,7H2,1-2H3. The molecule has 0 aliphatic heterocycles. The molecule has 0 radical (unpaired) electrons. The topological polar surface area (TPSA) is 112 Å². The molecule has 2 aromatic heterocycles. The Kier molecular flexibility index (Phi) is 3.61. The van der Waals surface area contributed by atoms with E-state index in [1.54, 1.807) is 18.3 Å². The molecule has 0 saturated carbocycles. The van der Waals surface area contributed by atoms with Gasteiger partial charge in [0.15, 0.2) is 20.7 Å². The average molecular weight is 316 g/mol. The van der Waals surface area contributed by atoms with Crippen molar-refractivity contribution in [2.24, 2.45) is 7.05 Å². The van der Waals surface area contributed by atoms with Crippen molar-refractivity contribution in [1.82, 2.24) is 19.7 Å². The number of aromatic nitrogens is 4. The summed E-state index contributed by atoms with van der Waals surface area (Å²) >= 11 is 0. The Hall–Kier alpha value is -1.81. The number of sulfone groups is 2. The molecule has 0 spiro atoms. The maximum absolute atomic E-state index is 12.0. The second-order valence-corrected chi connectivity index (χ2v) is 8.65. The molecule has 0 amide bonds. The Bertz CT molecular complexity index is 825. The largest absolute Gasteiger partial charge is 0.301 e. The quantitative estimate of drug-likeness (QED) is 0.758. The van der Waals surface area contributed by atoms with Crippen LogP contribution in [0.2, 0.25) is 0 Å². The Morgan fingerprint density at radius 1 is 1.20 bits per heavy atom. The molecule has 8 nitrogen and oxygen atoms in total. The molecule has 2 aromatic rings. The lowest BCUT2D eigenvalue weighted by molar-refractivity contribution is 0.578. The van der Waals surface area contributed by atoms with Crippen molar-refractivity contribution in [3.63, 3.8) is 0 Å². The van der Waals surface area contributed by atoms with Crippen LogP contribution in [0.5, 0.6) is 0 Å². The number of pyridine rings is 1. The molecule has 0 saturated heterocycles. The van der Waals surface area contributed by atoms with Gasteiger partial charge in [-0.1, -0.05) is 0 Å². The van der Waals surface area contributed by atoms with Gasteiger partial charge in [0, 0.05) is 31.3 Å². The summed E-state index contributed by atoms with van der Waals surface area (Å²) < 4.78 is 47.5. The summed E-state index contributed by atoms with van der Waals surface area (Å²) in [5.74, 6) is 0.296. The van der Waals surface area contributed by atoms with E-state index < -0.39 is 24.8 Å². The minimum absolute atomic E-state index is 0.296. The monoisotopic (exact) mass is 316 g/mol. The first-order valence-corrected chi connectivity index (χ1v) is 9.12. The van der Waals surface area contributed by atoms with Crippen LogP contribution in [-0.4, -0.2) is 47.9 Å². The van der Waals surface area contributed by atoms with Gasteiger partial charge in [-0.2, -0.15) is 0 Å². The molecule has 10 heteroatoms. The summed E-state index contributed by atoms with van der Waals surface area (Å²) in [4.78, 5) is 3.91. The van der Waals surface area contributed by atoms with Crippen molar-refractivity contribution in [2.45, 2.75) is 5.16 Å². The molecular weight excluding hydrogens is 304 g/mol. The van der Waals surface area contributed by atoms with Crippen LogP contribution in [0.25, 0.3) is 11.4 Å². The van der Waals surface area contributed by atoms with Crippen LogP contribution in [0.4, 0.5) is 0 Å². The highest BCUT2D eigenvalue weighted by Gasteiger charge is 2.27. The van der Waals surface area contributed by atoms with Crippen molar-refractivity contribution < 1.29 is 16.8 Å². The SMILES string of the molecule is Cn1c(-c2cccnc2)nnc1S(=O)(=O)CS(C)(=O)=O. The summed E-state index contributed by atoms with van der Waals surface area (Å²) in [6.45, 7) is 0. The maximum Gasteiger partial charge on any atom is 0.250 e. The highest BCUT2D eigenvalue weighted by Crippen LogP contribution is 2.19. The summed E-state index contributed by atoms with van der Waals surface area (Å²) in [5.41, 5.74) is 0.586. The van der Waals surface area contributed by atoms with Gasteiger partial charge in [-0.05, 0) is 12.1 Å². The highest BCUT2D eigenvalue weighted by molar-refractivity contribution is 8.07. The van der Waals surface area contributed by atoms with Gasteiger partial charge < -0.3 is 4.57 Å². The summed E-state index contributed by atoms with van der Waals surface area (Å²) in [6.07, 6.45) is 3.93. The minimum atomic E-state index is -4.05. The Morgan fingerprint density at radius 2 is 1.90 bits per heavy atom. The van der Waals surface area contributed by atoms with Crippen molar-refractivity contribution in [3.8, 4) is 11.4 Å². The van der Waals surface area contributed by atoms with E-state index >= 15 is 0 Å². The molecule has 20 heavy (non-hydrogen) atoms. The molecule has 2 rings (SSSR count). The fourth-order valence-electron chi connectivity index (χ4n) is 1.67. The maximum atomic E-state index is 12.0. The van der Waals surface area contributed by atoms with Gasteiger partial charge in [0.2, 0.25) is 9.84 Å². The van der Waals surface area contributed by atoms with Gasteiger partial charge in [0.05, 0.1) is 0 Å². The molecule has 0 aliphatic carbocycles. The number of rotatable bonds is 4. The van der Waals surface area contributed by atoms with E-state index in [9.17, 15) is 16.8 Å². The Balaban J connectivity index is 2.50. The molecule has 0 aromatic carbocycles. The molecule has 0 bridgehead atoms.